The molecule has 2 N–H and O–H groups in total. The maximum atomic E-state index is 13.3. The minimum Gasteiger partial charge on any atom is -0.497 e. The number of carbonyl (C=O) groups excluding carboxylic acids is 1. The van der Waals surface area contributed by atoms with Gasteiger partial charge in [0.2, 0.25) is 5.91 Å². The van der Waals surface area contributed by atoms with Crippen LogP contribution in [-0.4, -0.2) is 30.2 Å². The average Bonchev–Trinajstić information content (AvgIpc) is 3.22. The molecule has 3 atom stereocenters. The van der Waals surface area contributed by atoms with Crippen molar-refractivity contribution >= 4 is 23.3 Å². The summed E-state index contributed by atoms with van der Waals surface area (Å²) in [6, 6.07) is 24.7. The Labute approximate surface area is 179 Å². The van der Waals surface area contributed by atoms with E-state index in [1.54, 1.807) is 31.4 Å². The molecule has 0 radical (unpaired) electrons. The van der Waals surface area contributed by atoms with Gasteiger partial charge in [0.25, 0.3) is 0 Å². The lowest BCUT2D eigenvalue weighted by Crippen LogP contribution is -2.37. The molecule has 0 saturated carbocycles. The molecule has 1 aliphatic rings. The first-order valence-electron chi connectivity index (χ1n) is 9.82. The Morgan fingerprint density at radius 1 is 0.935 bits per heavy atom. The van der Waals surface area contributed by atoms with E-state index in [4.69, 9.17) is 9.57 Å². The van der Waals surface area contributed by atoms with Crippen LogP contribution < -0.4 is 15.1 Å². The van der Waals surface area contributed by atoms with Gasteiger partial charge in [0.1, 0.15) is 11.7 Å². The number of hydroxylamine groups is 1. The lowest BCUT2D eigenvalue weighted by atomic mass is 9.88. The molecule has 1 amide bonds. The fourth-order valence-electron chi connectivity index (χ4n) is 3.73. The average molecular weight is 418 g/mol. The van der Waals surface area contributed by atoms with Crippen molar-refractivity contribution in [2.45, 2.75) is 12.1 Å². The summed E-state index contributed by atoms with van der Waals surface area (Å²) in [5, 5.41) is 14.2. The normalized spacial score (nSPS) is 20.3. The summed E-state index contributed by atoms with van der Waals surface area (Å²) in [6.07, 6.45) is -1.34. The van der Waals surface area contributed by atoms with Crippen molar-refractivity contribution in [2.75, 3.05) is 17.5 Å². The van der Waals surface area contributed by atoms with Crippen LogP contribution in [0.3, 0.4) is 0 Å². The van der Waals surface area contributed by atoms with Crippen LogP contribution in [0.25, 0.3) is 0 Å². The molecule has 1 saturated heterocycles. The Balaban J connectivity index is 1.72. The minimum atomic E-state index is -1.34. The zero-order chi connectivity index (χ0) is 21.8. The molecule has 3 aromatic rings. The highest BCUT2D eigenvalue weighted by Gasteiger charge is 2.52. The molecule has 0 spiro atoms. The van der Waals surface area contributed by atoms with Crippen LogP contribution >= 0.6 is 0 Å². The highest BCUT2D eigenvalue weighted by atomic mass is 16.7. The van der Waals surface area contributed by atoms with Crippen molar-refractivity contribution in [2.24, 2.45) is 5.92 Å². The molecule has 1 heterocycles. The number of carboxylic acids is 1. The molecule has 0 bridgehead atoms. The molecule has 7 heteroatoms. The number of anilines is 2. The summed E-state index contributed by atoms with van der Waals surface area (Å²) in [4.78, 5) is 31.2. The van der Waals surface area contributed by atoms with Crippen molar-refractivity contribution in [1.29, 1.82) is 0 Å². The van der Waals surface area contributed by atoms with E-state index in [0.29, 0.717) is 17.1 Å². The van der Waals surface area contributed by atoms with Gasteiger partial charge in [0, 0.05) is 5.69 Å². The summed E-state index contributed by atoms with van der Waals surface area (Å²) in [5.41, 5.74) is 1.99. The number of nitrogens with zero attached hydrogens (tertiary/aromatic N) is 1. The van der Waals surface area contributed by atoms with Gasteiger partial charge in [-0.15, -0.1) is 0 Å². The number of ether oxygens (including phenoxy) is 1. The number of nitrogens with one attached hydrogen (secondary N) is 1. The van der Waals surface area contributed by atoms with Gasteiger partial charge in [-0.25, -0.2) is 9.86 Å². The molecular formula is C24H22N2O5. The predicted octanol–water partition coefficient (Wildman–Crippen LogP) is 3.90. The number of methoxy groups -OCH3 is 1. The summed E-state index contributed by atoms with van der Waals surface area (Å²) < 4.78 is 5.14. The molecule has 0 aromatic heterocycles. The molecule has 158 valence electrons. The van der Waals surface area contributed by atoms with Crippen molar-refractivity contribution < 1.29 is 24.3 Å². The van der Waals surface area contributed by atoms with Gasteiger partial charge < -0.3 is 15.2 Å². The molecule has 1 aliphatic heterocycles. The summed E-state index contributed by atoms with van der Waals surface area (Å²) >= 11 is 0. The second kappa shape index (κ2) is 8.89. The number of aliphatic carboxylic acids is 1. The zero-order valence-corrected chi connectivity index (χ0v) is 16.8. The molecule has 31 heavy (non-hydrogen) atoms. The van der Waals surface area contributed by atoms with Crippen molar-refractivity contribution in [1.82, 2.24) is 0 Å². The van der Waals surface area contributed by atoms with Crippen LogP contribution in [0.15, 0.2) is 84.9 Å². The Morgan fingerprint density at radius 2 is 1.55 bits per heavy atom. The molecular weight excluding hydrogens is 396 g/mol. The van der Waals surface area contributed by atoms with E-state index in [1.807, 2.05) is 60.7 Å². The van der Waals surface area contributed by atoms with E-state index in [-0.39, 0.29) is 0 Å². The lowest BCUT2D eigenvalue weighted by molar-refractivity contribution is -0.151. The SMILES string of the molecule is COc1ccc(NC(=O)[C@@H]2[C@@H](C(=O)O)ON(c3ccccc3)[C@H]2c2ccccc2)cc1. The van der Waals surface area contributed by atoms with Gasteiger partial charge in [-0.2, -0.15) is 0 Å². The Kier molecular flexibility index (Phi) is 5.86. The van der Waals surface area contributed by atoms with Gasteiger partial charge in [0.15, 0.2) is 6.10 Å². The minimum absolute atomic E-state index is 0.440. The zero-order valence-electron chi connectivity index (χ0n) is 16.8. The standard InChI is InChI=1S/C24H22N2O5/c1-30-19-14-12-17(13-15-19)25-23(27)20-21(16-8-4-2-5-9-16)26(31-22(20)24(28)29)18-10-6-3-7-11-18/h2-15,20-22H,1H3,(H,25,27)(H,28,29)/t20-,21-,22-/m0/s1. The van der Waals surface area contributed by atoms with Gasteiger partial charge in [0.05, 0.1) is 18.8 Å². The largest absolute Gasteiger partial charge is 0.497 e. The number of hydrogen-bond donors (Lipinski definition) is 2. The Morgan fingerprint density at radius 3 is 2.13 bits per heavy atom. The third kappa shape index (κ3) is 4.22. The maximum absolute atomic E-state index is 13.3. The van der Waals surface area contributed by atoms with E-state index >= 15 is 0 Å². The highest BCUT2D eigenvalue weighted by molar-refractivity contribution is 5.97. The van der Waals surface area contributed by atoms with Gasteiger partial charge in [-0.1, -0.05) is 48.5 Å². The van der Waals surface area contributed by atoms with Crippen LogP contribution in [0.4, 0.5) is 11.4 Å². The van der Waals surface area contributed by atoms with E-state index in [9.17, 15) is 14.7 Å². The van der Waals surface area contributed by atoms with E-state index in [2.05, 4.69) is 5.32 Å². The number of benzene rings is 3. The number of amides is 1. The molecule has 4 rings (SSSR count). The van der Waals surface area contributed by atoms with Gasteiger partial charge >= 0.3 is 5.97 Å². The van der Waals surface area contributed by atoms with E-state index < -0.39 is 29.9 Å². The van der Waals surface area contributed by atoms with E-state index in [0.717, 1.165) is 5.56 Å². The van der Waals surface area contributed by atoms with Crippen LogP contribution in [0, 0.1) is 5.92 Å². The monoisotopic (exact) mass is 418 g/mol. The van der Waals surface area contributed by atoms with Gasteiger partial charge in [-0.3, -0.25) is 9.63 Å². The number of para-hydroxylation sites is 1. The lowest BCUT2D eigenvalue weighted by Gasteiger charge is -2.27. The highest BCUT2D eigenvalue weighted by Crippen LogP contribution is 2.43. The molecule has 3 aromatic carbocycles. The third-order valence-electron chi connectivity index (χ3n) is 5.20. The Bertz CT molecular complexity index is 1040. The fourth-order valence-corrected chi connectivity index (χ4v) is 3.73. The van der Waals surface area contributed by atoms with E-state index in [1.165, 1.54) is 5.06 Å². The van der Waals surface area contributed by atoms with Crippen molar-refractivity contribution in [3.63, 3.8) is 0 Å². The first-order chi connectivity index (χ1) is 15.1. The third-order valence-corrected chi connectivity index (χ3v) is 5.20. The van der Waals surface area contributed by atoms with Gasteiger partial charge in [-0.05, 0) is 42.0 Å². The smallest absolute Gasteiger partial charge is 0.336 e. The van der Waals surface area contributed by atoms with Crippen LogP contribution in [0.2, 0.25) is 0 Å². The molecule has 7 nitrogen and oxygen atoms in total. The summed E-state index contributed by atoms with van der Waals surface area (Å²) in [5.74, 6) is -1.97. The van der Waals surface area contributed by atoms with Crippen molar-refractivity contribution in [3.05, 3.63) is 90.5 Å². The second-order valence-corrected chi connectivity index (χ2v) is 7.12. The summed E-state index contributed by atoms with van der Waals surface area (Å²) in [6.45, 7) is 0. The second-order valence-electron chi connectivity index (χ2n) is 7.12. The number of carboxylic acid groups (broad SMARTS) is 1. The first kappa shape index (κ1) is 20.4. The first-order valence-corrected chi connectivity index (χ1v) is 9.82. The molecule has 1 fully saturated rings. The maximum Gasteiger partial charge on any atom is 0.336 e. The Hall–Kier alpha value is -3.84. The predicted molar refractivity (Wildman–Crippen MR) is 116 cm³/mol. The van der Waals surface area contributed by atoms with Crippen molar-refractivity contribution in [3.8, 4) is 5.75 Å². The summed E-state index contributed by atoms with van der Waals surface area (Å²) in [7, 11) is 1.56. The topological polar surface area (TPSA) is 88.1 Å². The number of hydrogen-bond acceptors (Lipinski definition) is 5. The number of rotatable bonds is 6. The van der Waals surface area contributed by atoms with Crippen LogP contribution in [0.1, 0.15) is 11.6 Å². The number of carbonyl (C=O) groups is 2. The quantitative estimate of drug-likeness (QED) is 0.631. The van der Waals surface area contributed by atoms with Crippen LogP contribution in [-0.2, 0) is 14.4 Å². The van der Waals surface area contributed by atoms with Crippen LogP contribution in [0.5, 0.6) is 5.75 Å². The molecule has 0 aliphatic carbocycles. The fraction of sp³-hybridized carbons (Fsp3) is 0.167. The molecule has 0 unspecified atom stereocenters.